The number of ether oxygens (including phenoxy) is 1. The van der Waals surface area contributed by atoms with Gasteiger partial charge in [-0.2, -0.15) is 0 Å². The van der Waals surface area contributed by atoms with E-state index < -0.39 is 0 Å². The standard InChI is InChI=1S/C21H20N2O3/c1-22-17(13-15-9-5-4-6-10-15)20(24)23(2)18(21(22)25)14-16-11-7-8-12-19(16)26-3/h4-14H,1-3H3. The van der Waals surface area contributed by atoms with Crippen molar-refractivity contribution in [1.82, 2.24) is 9.13 Å². The zero-order valence-electron chi connectivity index (χ0n) is 15.0. The highest BCUT2D eigenvalue weighted by molar-refractivity contribution is 5.56. The topological polar surface area (TPSA) is 53.2 Å². The van der Waals surface area contributed by atoms with Crippen molar-refractivity contribution in [2.24, 2.45) is 14.1 Å². The van der Waals surface area contributed by atoms with E-state index in [0.29, 0.717) is 16.4 Å². The van der Waals surface area contributed by atoms with Crippen LogP contribution >= 0.6 is 0 Å². The molecule has 0 aliphatic carbocycles. The third-order valence-electron chi connectivity index (χ3n) is 4.30. The van der Waals surface area contributed by atoms with Gasteiger partial charge < -0.3 is 13.9 Å². The first-order valence-electron chi connectivity index (χ1n) is 8.20. The van der Waals surface area contributed by atoms with Gasteiger partial charge in [-0.25, -0.2) is 0 Å². The lowest BCUT2D eigenvalue weighted by Gasteiger charge is -2.07. The summed E-state index contributed by atoms with van der Waals surface area (Å²) in [7, 11) is 4.78. The second kappa shape index (κ2) is 7.27. The average Bonchev–Trinajstić information content (AvgIpc) is 2.68. The second-order valence-corrected chi connectivity index (χ2v) is 5.94. The van der Waals surface area contributed by atoms with Gasteiger partial charge in [0.2, 0.25) is 0 Å². The summed E-state index contributed by atoms with van der Waals surface area (Å²) in [6.07, 6.45) is 3.39. The SMILES string of the molecule is COc1ccccc1C=c1c(=O)n(C)c(=Cc2ccccc2)c(=O)n1C. The van der Waals surface area contributed by atoms with Crippen LogP contribution in [-0.4, -0.2) is 16.2 Å². The van der Waals surface area contributed by atoms with Crippen molar-refractivity contribution in [3.63, 3.8) is 0 Å². The third-order valence-corrected chi connectivity index (χ3v) is 4.30. The van der Waals surface area contributed by atoms with Gasteiger partial charge in [0.1, 0.15) is 16.4 Å². The Morgan fingerprint density at radius 1 is 0.769 bits per heavy atom. The number of rotatable bonds is 3. The maximum Gasteiger partial charge on any atom is 0.274 e. The summed E-state index contributed by atoms with van der Waals surface area (Å²) >= 11 is 0. The van der Waals surface area contributed by atoms with Crippen molar-refractivity contribution < 1.29 is 4.74 Å². The number of aromatic nitrogens is 2. The summed E-state index contributed by atoms with van der Waals surface area (Å²) in [6.45, 7) is 0. The van der Waals surface area contributed by atoms with Crippen LogP contribution in [0.15, 0.2) is 64.2 Å². The summed E-state index contributed by atoms with van der Waals surface area (Å²) < 4.78 is 8.09. The van der Waals surface area contributed by atoms with E-state index >= 15 is 0 Å². The molecule has 0 aliphatic heterocycles. The van der Waals surface area contributed by atoms with Gasteiger partial charge in [0, 0.05) is 19.7 Å². The van der Waals surface area contributed by atoms with Gasteiger partial charge in [-0.15, -0.1) is 0 Å². The smallest absolute Gasteiger partial charge is 0.274 e. The van der Waals surface area contributed by atoms with E-state index in [9.17, 15) is 9.59 Å². The molecule has 0 aliphatic rings. The van der Waals surface area contributed by atoms with Crippen molar-refractivity contribution in [2.75, 3.05) is 7.11 Å². The van der Waals surface area contributed by atoms with Crippen LogP contribution in [0.5, 0.6) is 5.75 Å². The van der Waals surface area contributed by atoms with Crippen molar-refractivity contribution in [3.05, 3.63) is 97.1 Å². The monoisotopic (exact) mass is 348 g/mol. The molecule has 1 aromatic heterocycles. The number of nitrogens with zero attached hydrogens (tertiary/aromatic N) is 2. The molecule has 0 radical (unpaired) electrons. The zero-order chi connectivity index (χ0) is 18.7. The van der Waals surface area contributed by atoms with Crippen LogP contribution < -0.4 is 26.6 Å². The predicted octanol–water partition coefficient (Wildman–Crippen LogP) is 0.750. The fourth-order valence-electron chi connectivity index (χ4n) is 2.81. The highest BCUT2D eigenvalue weighted by atomic mass is 16.5. The molecule has 3 aromatic rings. The summed E-state index contributed by atoms with van der Waals surface area (Å²) in [5, 5.41) is 0.632. The number of hydrogen-bond acceptors (Lipinski definition) is 3. The first kappa shape index (κ1) is 17.5. The van der Waals surface area contributed by atoms with Crippen molar-refractivity contribution >= 4 is 12.2 Å². The predicted molar refractivity (Wildman–Crippen MR) is 103 cm³/mol. The number of para-hydroxylation sites is 1. The van der Waals surface area contributed by atoms with Gasteiger partial charge in [0.15, 0.2) is 0 Å². The molecule has 1 heterocycles. The molecule has 0 atom stereocenters. The van der Waals surface area contributed by atoms with Crippen LogP contribution in [0.2, 0.25) is 0 Å². The van der Waals surface area contributed by atoms with Gasteiger partial charge in [-0.05, 0) is 23.8 Å². The maximum atomic E-state index is 12.9. The molecule has 0 fully saturated rings. The lowest BCUT2D eigenvalue weighted by Crippen LogP contribution is -2.56. The Hall–Kier alpha value is -3.34. The van der Waals surface area contributed by atoms with E-state index in [1.807, 2.05) is 54.6 Å². The lowest BCUT2D eigenvalue weighted by atomic mass is 10.2. The molecule has 2 aromatic carbocycles. The number of benzene rings is 2. The normalized spacial score (nSPS) is 12.4. The molecule has 5 nitrogen and oxygen atoms in total. The van der Waals surface area contributed by atoms with Gasteiger partial charge in [0.25, 0.3) is 11.1 Å². The molecule has 0 bridgehead atoms. The summed E-state index contributed by atoms with van der Waals surface area (Å²) in [5.74, 6) is 0.641. The second-order valence-electron chi connectivity index (χ2n) is 5.94. The lowest BCUT2D eigenvalue weighted by molar-refractivity contribution is 0.414. The Morgan fingerprint density at radius 3 is 1.92 bits per heavy atom. The van der Waals surface area contributed by atoms with Crippen LogP contribution in [0.3, 0.4) is 0 Å². The number of hydrogen-bond donors (Lipinski definition) is 0. The van der Waals surface area contributed by atoms with E-state index in [0.717, 1.165) is 11.1 Å². The Labute approximate surface area is 150 Å². The van der Waals surface area contributed by atoms with Gasteiger partial charge in [-0.3, -0.25) is 9.59 Å². The zero-order valence-corrected chi connectivity index (χ0v) is 15.0. The van der Waals surface area contributed by atoms with Crippen molar-refractivity contribution in [2.45, 2.75) is 0 Å². The molecule has 26 heavy (non-hydrogen) atoms. The highest BCUT2D eigenvalue weighted by Crippen LogP contribution is 2.17. The Bertz CT molecular complexity index is 1170. The highest BCUT2D eigenvalue weighted by Gasteiger charge is 2.07. The molecule has 0 saturated heterocycles. The minimum Gasteiger partial charge on any atom is -0.496 e. The molecule has 0 N–H and O–H groups in total. The van der Waals surface area contributed by atoms with Crippen LogP contribution in [-0.2, 0) is 14.1 Å². The Kier molecular flexibility index (Phi) is 4.89. The minimum atomic E-state index is -0.250. The van der Waals surface area contributed by atoms with Gasteiger partial charge in [0.05, 0.1) is 7.11 Å². The quantitative estimate of drug-likeness (QED) is 0.702. The summed E-state index contributed by atoms with van der Waals surface area (Å²) in [5.41, 5.74) is 1.11. The average molecular weight is 348 g/mol. The summed E-state index contributed by atoms with van der Waals surface area (Å²) in [6, 6.07) is 16.8. The van der Waals surface area contributed by atoms with E-state index in [2.05, 4.69) is 0 Å². The molecule has 132 valence electrons. The maximum absolute atomic E-state index is 12.9. The third kappa shape index (κ3) is 3.24. The van der Waals surface area contributed by atoms with Crippen molar-refractivity contribution in [3.8, 4) is 5.75 Å². The molecule has 0 saturated carbocycles. The minimum absolute atomic E-state index is 0.239. The van der Waals surface area contributed by atoms with Gasteiger partial charge >= 0.3 is 0 Å². The molecular weight excluding hydrogens is 328 g/mol. The van der Waals surface area contributed by atoms with E-state index in [-0.39, 0.29) is 11.1 Å². The van der Waals surface area contributed by atoms with E-state index in [1.165, 1.54) is 9.13 Å². The Morgan fingerprint density at radius 2 is 1.31 bits per heavy atom. The fourth-order valence-corrected chi connectivity index (χ4v) is 2.81. The van der Waals surface area contributed by atoms with Crippen molar-refractivity contribution in [1.29, 1.82) is 0 Å². The largest absolute Gasteiger partial charge is 0.496 e. The molecule has 0 spiro atoms. The Balaban J connectivity index is 2.32. The molecular formula is C21H20N2O3. The summed E-state index contributed by atoms with van der Waals surface area (Å²) in [4.78, 5) is 25.7. The molecule has 0 unspecified atom stereocenters. The van der Waals surface area contributed by atoms with E-state index in [4.69, 9.17) is 4.74 Å². The molecule has 3 rings (SSSR count). The van der Waals surface area contributed by atoms with Crippen LogP contribution in [0.25, 0.3) is 12.2 Å². The fraction of sp³-hybridized carbons (Fsp3) is 0.143. The van der Waals surface area contributed by atoms with E-state index in [1.54, 1.807) is 33.4 Å². The first-order chi connectivity index (χ1) is 12.5. The van der Waals surface area contributed by atoms with Crippen LogP contribution in [0.4, 0.5) is 0 Å². The number of methoxy groups -OCH3 is 1. The molecule has 0 amide bonds. The van der Waals surface area contributed by atoms with Crippen LogP contribution in [0.1, 0.15) is 11.1 Å². The van der Waals surface area contributed by atoms with Crippen LogP contribution in [0, 0.1) is 0 Å². The molecule has 5 heteroatoms. The van der Waals surface area contributed by atoms with Gasteiger partial charge in [-0.1, -0.05) is 48.5 Å². The first-order valence-corrected chi connectivity index (χ1v) is 8.20.